The lowest BCUT2D eigenvalue weighted by molar-refractivity contribution is 0.190. The molecular weight excluding hydrogens is 347 g/mol. The Balaban J connectivity index is 2.23. The maximum atomic E-state index is 14.2. The topological polar surface area (TPSA) is 35.8 Å². The van der Waals surface area contributed by atoms with Crippen LogP contribution in [0.15, 0.2) is 51.9 Å². The molecule has 0 saturated heterocycles. The Morgan fingerprint density at radius 3 is 2.77 bits per heavy atom. The number of halogens is 2. The van der Waals surface area contributed by atoms with Gasteiger partial charge in [-0.25, -0.2) is 4.39 Å². The molecule has 1 heterocycles. The molecule has 0 spiro atoms. The lowest BCUT2D eigenvalue weighted by Crippen LogP contribution is -2.34. The summed E-state index contributed by atoms with van der Waals surface area (Å²) < 4.78 is 15.1. The predicted molar refractivity (Wildman–Crippen MR) is 90.3 cm³/mol. The van der Waals surface area contributed by atoms with E-state index in [9.17, 15) is 9.50 Å². The summed E-state index contributed by atoms with van der Waals surface area (Å²) in [6, 6.07) is 12.4. The van der Waals surface area contributed by atoms with Crippen LogP contribution in [0.2, 0.25) is 0 Å². The average Bonchev–Trinajstić information content (AvgIpc) is 2.48. The molecule has 3 rings (SSSR count). The van der Waals surface area contributed by atoms with Gasteiger partial charge in [0.1, 0.15) is 5.82 Å². The van der Waals surface area contributed by atoms with E-state index in [0.29, 0.717) is 17.8 Å². The van der Waals surface area contributed by atoms with E-state index in [2.05, 4.69) is 20.9 Å². The Kier molecular flexibility index (Phi) is 4.27. The fourth-order valence-electron chi connectivity index (χ4n) is 2.67. The molecule has 1 aliphatic rings. The van der Waals surface area contributed by atoms with Gasteiger partial charge in [0.15, 0.2) is 0 Å². The highest BCUT2D eigenvalue weighted by atomic mass is 79.9. The quantitative estimate of drug-likeness (QED) is 0.845. The van der Waals surface area contributed by atoms with Crippen molar-refractivity contribution >= 4 is 27.3 Å². The number of benzene rings is 2. The van der Waals surface area contributed by atoms with E-state index in [-0.39, 0.29) is 12.4 Å². The zero-order valence-electron chi connectivity index (χ0n) is 12.1. The van der Waals surface area contributed by atoms with Crippen LogP contribution in [-0.2, 0) is 0 Å². The summed E-state index contributed by atoms with van der Waals surface area (Å²) in [6.07, 6.45) is -0.580. The molecule has 0 radical (unpaired) electrons. The zero-order valence-corrected chi connectivity index (χ0v) is 13.7. The summed E-state index contributed by atoms with van der Waals surface area (Å²) in [5.74, 6) is -0.315. The molecule has 1 aliphatic heterocycles. The van der Waals surface area contributed by atoms with E-state index in [4.69, 9.17) is 0 Å². The van der Waals surface area contributed by atoms with Gasteiger partial charge in [-0.1, -0.05) is 28.1 Å². The Morgan fingerprint density at radius 1 is 1.23 bits per heavy atom. The second kappa shape index (κ2) is 6.18. The Labute approximate surface area is 137 Å². The van der Waals surface area contributed by atoms with Crippen LogP contribution in [0.25, 0.3) is 0 Å². The molecule has 2 aromatic carbocycles. The van der Waals surface area contributed by atoms with Crippen LogP contribution in [0, 0.1) is 5.82 Å². The Bertz CT molecular complexity index is 732. The Morgan fingerprint density at radius 2 is 2.00 bits per heavy atom. The molecule has 0 aromatic heterocycles. The first-order chi connectivity index (χ1) is 10.6. The molecule has 0 saturated carbocycles. The molecule has 1 N–H and O–H groups in total. The highest BCUT2D eigenvalue weighted by Crippen LogP contribution is 2.29. The van der Waals surface area contributed by atoms with Crippen LogP contribution >= 0.6 is 15.9 Å². The summed E-state index contributed by atoms with van der Waals surface area (Å²) in [5, 5.41) is 10.0. The van der Waals surface area contributed by atoms with Crippen molar-refractivity contribution in [2.24, 2.45) is 4.99 Å². The van der Waals surface area contributed by atoms with Gasteiger partial charge >= 0.3 is 0 Å². The van der Waals surface area contributed by atoms with Crippen LogP contribution < -0.4 is 4.90 Å². The van der Waals surface area contributed by atoms with Crippen LogP contribution in [0.1, 0.15) is 11.1 Å². The lowest BCUT2D eigenvalue weighted by Gasteiger charge is -2.28. The number of hydrogen-bond acceptors (Lipinski definition) is 3. The molecule has 1 unspecified atom stereocenters. The molecule has 3 nitrogen and oxygen atoms in total. The Hall–Kier alpha value is -1.72. The third-order valence-electron chi connectivity index (χ3n) is 3.70. The van der Waals surface area contributed by atoms with Crippen molar-refractivity contribution in [1.82, 2.24) is 0 Å². The normalized spacial score (nSPS) is 18.3. The van der Waals surface area contributed by atoms with Gasteiger partial charge in [0.05, 0.1) is 18.4 Å². The first kappa shape index (κ1) is 15.2. The molecule has 1 atom stereocenters. The van der Waals surface area contributed by atoms with Crippen molar-refractivity contribution in [2.75, 3.05) is 25.0 Å². The smallest absolute Gasteiger partial charge is 0.132 e. The molecule has 0 amide bonds. The number of rotatable bonds is 1. The number of aliphatic hydroxyl groups excluding tert-OH is 1. The first-order valence-electron chi connectivity index (χ1n) is 7.04. The zero-order chi connectivity index (χ0) is 15.7. The number of fused-ring (bicyclic) bond motifs is 1. The van der Waals surface area contributed by atoms with Gasteiger partial charge in [0, 0.05) is 34.9 Å². The lowest BCUT2D eigenvalue weighted by atomic mass is 9.98. The van der Waals surface area contributed by atoms with E-state index in [1.807, 2.05) is 30.1 Å². The van der Waals surface area contributed by atoms with Crippen molar-refractivity contribution in [3.8, 4) is 0 Å². The van der Waals surface area contributed by atoms with Gasteiger partial charge in [-0.3, -0.25) is 4.99 Å². The van der Waals surface area contributed by atoms with Crippen LogP contribution in [-0.4, -0.2) is 37.1 Å². The molecule has 2 aromatic rings. The van der Waals surface area contributed by atoms with Crippen molar-refractivity contribution in [3.05, 3.63) is 63.9 Å². The SMILES string of the molecule is CN1CC(O)CN=C(c2ccccc2F)c2cc(Br)ccc21. The fraction of sp³-hybridized carbons (Fsp3) is 0.235. The highest BCUT2D eigenvalue weighted by Gasteiger charge is 2.21. The van der Waals surface area contributed by atoms with Gasteiger partial charge in [0.25, 0.3) is 0 Å². The summed E-state index contributed by atoms with van der Waals surface area (Å²) in [4.78, 5) is 6.47. The van der Waals surface area contributed by atoms with Crippen LogP contribution in [0.3, 0.4) is 0 Å². The summed E-state index contributed by atoms with van der Waals surface area (Å²) in [6.45, 7) is 0.739. The molecule has 0 fully saturated rings. The number of nitrogens with zero attached hydrogens (tertiary/aromatic N) is 2. The van der Waals surface area contributed by atoms with Crippen molar-refractivity contribution in [2.45, 2.75) is 6.10 Å². The average molecular weight is 363 g/mol. The molecular formula is C17H16BrFN2O. The summed E-state index contributed by atoms with van der Waals surface area (Å²) in [5.41, 5.74) is 2.79. The number of hydrogen-bond donors (Lipinski definition) is 1. The number of β-amino-alcohol motifs (C(OH)–C–C–N with tert-alkyl or cyclic N) is 1. The highest BCUT2D eigenvalue weighted by molar-refractivity contribution is 9.10. The molecule has 114 valence electrons. The van der Waals surface area contributed by atoms with Gasteiger partial charge < -0.3 is 10.0 Å². The maximum Gasteiger partial charge on any atom is 0.132 e. The van der Waals surface area contributed by atoms with Crippen LogP contribution in [0.4, 0.5) is 10.1 Å². The first-order valence-corrected chi connectivity index (χ1v) is 7.84. The maximum absolute atomic E-state index is 14.2. The number of anilines is 1. The largest absolute Gasteiger partial charge is 0.389 e. The standard InChI is InChI=1S/C17H16BrFN2O/c1-21-10-12(22)9-20-17(13-4-2-3-5-15(13)19)14-8-11(18)6-7-16(14)21/h2-8,12,22H,9-10H2,1H3. The molecule has 0 bridgehead atoms. The van der Waals surface area contributed by atoms with Crippen molar-refractivity contribution in [3.63, 3.8) is 0 Å². The van der Waals surface area contributed by atoms with Gasteiger partial charge in [-0.15, -0.1) is 0 Å². The van der Waals surface area contributed by atoms with Crippen LogP contribution in [0.5, 0.6) is 0 Å². The van der Waals surface area contributed by atoms with E-state index < -0.39 is 6.10 Å². The third kappa shape index (κ3) is 2.91. The van der Waals surface area contributed by atoms with E-state index in [1.165, 1.54) is 6.07 Å². The number of likely N-dealkylation sites (N-methyl/N-ethyl adjacent to an activating group) is 1. The van der Waals surface area contributed by atoms with Gasteiger partial charge in [-0.2, -0.15) is 0 Å². The third-order valence-corrected chi connectivity index (χ3v) is 4.19. The van der Waals surface area contributed by atoms with E-state index >= 15 is 0 Å². The fourth-order valence-corrected chi connectivity index (χ4v) is 3.03. The molecule has 0 aliphatic carbocycles. The second-order valence-corrected chi connectivity index (χ2v) is 6.28. The molecule has 22 heavy (non-hydrogen) atoms. The monoisotopic (exact) mass is 362 g/mol. The summed E-state index contributed by atoms with van der Waals surface area (Å²) in [7, 11) is 1.92. The van der Waals surface area contributed by atoms with E-state index in [1.54, 1.807) is 18.2 Å². The second-order valence-electron chi connectivity index (χ2n) is 5.36. The van der Waals surface area contributed by atoms with Gasteiger partial charge in [-0.05, 0) is 30.3 Å². The summed E-state index contributed by atoms with van der Waals surface area (Å²) >= 11 is 3.47. The number of aliphatic hydroxyl groups is 1. The minimum absolute atomic E-state index is 0.250. The molecule has 5 heteroatoms. The minimum atomic E-state index is -0.580. The van der Waals surface area contributed by atoms with Gasteiger partial charge in [0.2, 0.25) is 0 Å². The van der Waals surface area contributed by atoms with Crippen molar-refractivity contribution < 1.29 is 9.50 Å². The minimum Gasteiger partial charge on any atom is -0.389 e. The predicted octanol–water partition coefficient (Wildman–Crippen LogP) is 3.24. The van der Waals surface area contributed by atoms with Crippen molar-refractivity contribution in [1.29, 1.82) is 0 Å². The number of aliphatic imine (C=N–C) groups is 1. The van der Waals surface area contributed by atoms with E-state index in [0.717, 1.165) is 15.7 Å².